The first-order chi connectivity index (χ1) is 11.5. The van der Waals surface area contributed by atoms with Gasteiger partial charge in [-0.25, -0.2) is 0 Å². The van der Waals surface area contributed by atoms with Crippen LogP contribution in [0.1, 0.15) is 64.2 Å². The first-order valence-electron chi connectivity index (χ1n) is 10.0. The van der Waals surface area contributed by atoms with Gasteiger partial charge in [0.1, 0.15) is 9.52 Å². The van der Waals surface area contributed by atoms with Gasteiger partial charge in [0.15, 0.2) is 5.41 Å². The molecule has 0 saturated carbocycles. The molecule has 0 N–H and O–H groups in total. The second kappa shape index (κ2) is 9.50. The van der Waals surface area contributed by atoms with Crippen LogP contribution in [0.25, 0.3) is 0 Å². The number of carbonyl (C=O) groups is 1. The fraction of sp³-hybridized carbons (Fsp3) is 0.944. The number of hydrogen-bond acceptors (Lipinski definition) is 4. The SMILES string of the molecule is C[SiH2]C1(OC(=O)CCCCC2([SiH](C)C)CCCCO2)CCCCO1. The molecule has 2 atom stereocenters. The van der Waals surface area contributed by atoms with E-state index in [1.165, 1.54) is 19.3 Å². The molecule has 2 heterocycles. The highest BCUT2D eigenvalue weighted by Crippen LogP contribution is 2.33. The Balaban J connectivity index is 1.72. The van der Waals surface area contributed by atoms with Crippen molar-refractivity contribution in [2.75, 3.05) is 13.2 Å². The third kappa shape index (κ3) is 5.41. The van der Waals surface area contributed by atoms with Gasteiger partial charge in [-0.05, 0) is 44.9 Å². The molecule has 0 aromatic carbocycles. The van der Waals surface area contributed by atoms with Crippen molar-refractivity contribution in [1.82, 2.24) is 0 Å². The largest absolute Gasteiger partial charge is 0.438 e. The summed E-state index contributed by atoms with van der Waals surface area (Å²) in [5.74, 6) is -0.0633. The highest BCUT2D eigenvalue weighted by atomic mass is 28.3. The van der Waals surface area contributed by atoms with Gasteiger partial charge >= 0.3 is 5.97 Å². The molecule has 0 radical (unpaired) electrons. The van der Waals surface area contributed by atoms with Crippen molar-refractivity contribution in [3.63, 3.8) is 0 Å². The van der Waals surface area contributed by atoms with Gasteiger partial charge in [-0.2, -0.15) is 0 Å². The van der Waals surface area contributed by atoms with Crippen molar-refractivity contribution >= 4 is 24.3 Å². The Morgan fingerprint density at radius 1 is 1.08 bits per heavy atom. The van der Waals surface area contributed by atoms with Crippen LogP contribution in [0.3, 0.4) is 0 Å². The molecule has 0 amide bonds. The van der Waals surface area contributed by atoms with Crippen molar-refractivity contribution in [1.29, 1.82) is 0 Å². The van der Waals surface area contributed by atoms with Crippen molar-refractivity contribution in [2.45, 2.75) is 94.5 Å². The van der Waals surface area contributed by atoms with Gasteiger partial charge in [0, 0.05) is 19.4 Å². The minimum absolute atomic E-state index is 0.0633. The minimum atomic E-state index is -0.855. The summed E-state index contributed by atoms with van der Waals surface area (Å²) in [6.45, 7) is 8.64. The Labute approximate surface area is 151 Å². The second-order valence-corrected chi connectivity index (χ2v) is 12.9. The van der Waals surface area contributed by atoms with Crippen LogP contribution in [-0.2, 0) is 19.0 Å². The van der Waals surface area contributed by atoms with E-state index in [9.17, 15) is 4.79 Å². The molecule has 0 aromatic rings. The summed E-state index contributed by atoms with van der Waals surface area (Å²) in [5.41, 5.74) is -0.506. The van der Waals surface area contributed by atoms with E-state index in [0.717, 1.165) is 51.7 Å². The van der Waals surface area contributed by atoms with Crippen LogP contribution >= 0.6 is 0 Å². The molecule has 2 aliphatic heterocycles. The van der Waals surface area contributed by atoms with Gasteiger partial charge in [-0.15, -0.1) is 0 Å². The zero-order chi connectivity index (χ0) is 17.5. The smallest absolute Gasteiger partial charge is 0.307 e. The van der Waals surface area contributed by atoms with Crippen molar-refractivity contribution < 1.29 is 19.0 Å². The van der Waals surface area contributed by atoms with Crippen LogP contribution < -0.4 is 0 Å². The fourth-order valence-electron chi connectivity index (χ4n) is 4.03. The van der Waals surface area contributed by atoms with Gasteiger partial charge in [0.25, 0.3) is 0 Å². The lowest BCUT2D eigenvalue weighted by Crippen LogP contribution is -2.47. The molecule has 0 aromatic heterocycles. The van der Waals surface area contributed by atoms with E-state index < -0.39 is 23.7 Å². The molecule has 2 aliphatic rings. The summed E-state index contributed by atoms with van der Waals surface area (Å²) >= 11 is 0. The van der Waals surface area contributed by atoms with E-state index in [4.69, 9.17) is 14.2 Å². The standard InChI is InChI=1S/C18H36O4Si2/c1-23-18(13-7-9-15-21-18)22-16(19)10-4-5-11-17(24(2)3)12-6-8-14-20-17/h24H,4-15,23H2,1-3H3. The molecular formula is C18H36O4Si2. The quantitative estimate of drug-likeness (QED) is 0.373. The van der Waals surface area contributed by atoms with Crippen molar-refractivity contribution in [3.05, 3.63) is 0 Å². The Morgan fingerprint density at radius 2 is 1.79 bits per heavy atom. The maximum atomic E-state index is 12.2. The molecule has 0 spiro atoms. The lowest BCUT2D eigenvalue weighted by atomic mass is 10.0. The summed E-state index contributed by atoms with van der Waals surface area (Å²) in [7, 11) is -1.38. The number of carbonyl (C=O) groups excluding carboxylic acids is 1. The lowest BCUT2D eigenvalue weighted by molar-refractivity contribution is -0.207. The summed E-state index contributed by atoms with van der Waals surface area (Å²) in [6, 6.07) is 0. The first-order valence-corrected chi connectivity index (χ1v) is 15.0. The average molecular weight is 373 g/mol. The van der Waals surface area contributed by atoms with Crippen LogP contribution in [0, 0.1) is 0 Å². The maximum absolute atomic E-state index is 12.2. The zero-order valence-electron chi connectivity index (χ0n) is 15.9. The van der Waals surface area contributed by atoms with Crippen LogP contribution in [0.4, 0.5) is 0 Å². The molecule has 0 aliphatic carbocycles. The molecular weight excluding hydrogens is 336 g/mol. The lowest BCUT2D eigenvalue weighted by Gasteiger charge is -2.40. The Hall–Kier alpha value is -0.176. The maximum Gasteiger partial charge on any atom is 0.307 e. The van der Waals surface area contributed by atoms with E-state index in [-0.39, 0.29) is 11.2 Å². The molecule has 2 rings (SSSR count). The summed E-state index contributed by atoms with van der Waals surface area (Å²) in [5, 5.41) is 0.173. The van der Waals surface area contributed by atoms with Gasteiger partial charge < -0.3 is 14.2 Å². The predicted octanol–water partition coefficient (Wildman–Crippen LogP) is 3.13. The van der Waals surface area contributed by atoms with Crippen LogP contribution in [0.5, 0.6) is 0 Å². The van der Waals surface area contributed by atoms with Gasteiger partial charge in [-0.1, -0.05) is 26.1 Å². The minimum Gasteiger partial charge on any atom is -0.438 e. The molecule has 0 bridgehead atoms. The number of hydrogen-bond donors (Lipinski definition) is 0. The molecule has 24 heavy (non-hydrogen) atoms. The van der Waals surface area contributed by atoms with E-state index in [2.05, 4.69) is 19.6 Å². The van der Waals surface area contributed by atoms with E-state index in [0.29, 0.717) is 6.42 Å². The normalized spacial score (nSPS) is 31.7. The van der Waals surface area contributed by atoms with Gasteiger partial charge in [0.2, 0.25) is 0 Å². The highest BCUT2D eigenvalue weighted by molar-refractivity contribution is 6.59. The monoisotopic (exact) mass is 372 g/mol. The molecule has 2 fully saturated rings. The predicted molar refractivity (Wildman–Crippen MR) is 103 cm³/mol. The summed E-state index contributed by atoms with van der Waals surface area (Å²) < 4.78 is 17.8. The molecule has 2 unspecified atom stereocenters. The molecule has 6 heteroatoms. The Morgan fingerprint density at radius 3 is 2.33 bits per heavy atom. The van der Waals surface area contributed by atoms with Gasteiger partial charge in [-0.3, -0.25) is 4.79 Å². The highest BCUT2D eigenvalue weighted by Gasteiger charge is 2.37. The number of rotatable bonds is 8. The average Bonchev–Trinajstić information content (AvgIpc) is 2.60. The first kappa shape index (κ1) is 20.1. The third-order valence-corrected chi connectivity index (χ3v) is 10.5. The summed E-state index contributed by atoms with van der Waals surface area (Å²) in [6.07, 6.45) is 10.5. The molecule has 140 valence electrons. The van der Waals surface area contributed by atoms with Crippen molar-refractivity contribution in [2.24, 2.45) is 0 Å². The Bertz CT molecular complexity index is 388. The number of unbranched alkanes of at least 4 members (excludes halogenated alkanes) is 1. The van der Waals surface area contributed by atoms with E-state index in [1.807, 2.05) is 0 Å². The third-order valence-electron chi connectivity index (χ3n) is 5.82. The molecule has 4 nitrogen and oxygen atoms in total. The summed E-state index contributed by atoms with van der Waals surface area (Å²) in [4.78, 5) is 12.2. The Kier molecular flexibility index (Phi) is 7.97. The van der Waals surface area contributed by atoms with Crippen LogP contribution in [-0.4, -0.2) is 48.1 Å². The van der Waals surface area contributed by atoms with Crippen molar-refractivity contribution in [3.8, 4) is 0 Å². The fourth-order valence-corrected chi connectivity index (χ4v) is 7.30. The van der Waals surface area contributed by atoms with Crippen LogP contribution in [0.2, 0.25) is 19.6 Å². The van der Waals surface area contributed by atoms with Gasteiger partial charge in [0.05, 0.1) is 20.6 Å². The number of ether oxygens (including phenoxy) is 3. The second-order valence-electron chi connectivity index (χ2n) is 7.78. The zero-order valence-corrected chi connectivity index (χ0v) is 18.5. The van der Waals surface area contributed by atoms with Crippen LogP contribution in [0.15, 0.2) is 0 Å². The van der Waals surface area contributed by atoms with E-state index >= 15 is 0 Å². The molecule has 2 saturated heterocycles. The number of esters is 1. The topological polar surface area (TPSA) is 44.8 Å². The van der Waals surface area contributed by atoms with E-state index in [1.54, 1.807) is 0 Å².